The SMILES string of the molecule is C#CC1(COC(=O)c2ccc(C)cc2)OC(n2cc(Br)c(=O)[nH]c2=O)CC1OC(=O)c1ccc(C)cc1. The van der Waals surface area contributed by atoms with Gasteiger partial charge in [-0.15, -0.1) is 6.42 Å². The Kier molecular flexibility index (Phi) is 7.47. The molecule has 1 aliphatic rings. The first-order valence-corrected chi connectivity index (χ1v) is 12.1. The zero-order valence-electron chi connectivity index (χ0n) is 20.0. The lowest BCUT2D eigenvalue weighted by Gasteiger charge is -2.28. The molecule has 0 aliphatic carbocycles. The molecule has 1 N–H and O–H groups in total. The first-order chi connectivity index (χ1) is 17.6. The highest BCUT2D eigenvalue weighted by atomic mass is 79.9. The normalized spacial score (nSPS) is 20.7. The third-order valence-corrected chi connectivity index (χ3v) is 6.57. The third-order valence-electron chi connectivity index (χ3n) is 6.00. The molecule has 9 nitrogen and oxygen atoms in total. The fraction of sp³-hybridized carbons (Fsp3) is 0.259. The molecule has 37 heavy (non-hydrogen) atoms. The van der Waals surface area contributed by atoms with Crippen molar-refractivity contribution in [3.63, 3.8) is 0 Å². The number of benzene rings is 2. The minimum atomic E-state index is -1.70. The molecule has 2 aromatic carbocycles. The third kappa shape index (κ3) is 5.58. The van der Waals surface area contributed by atoms with Gasteiger partial charge in [-0.05, 0) is 54.0 Å². The summed E-state index contributed by atoms with van der Waals surface area (Å²) in [6.07, 6.45) is 4.97. The maximum atomic E-state index is 12.9. The molecule has 1 saturated heterocycles. The number of nitrogens with one attached hydrogen (secondary N) is 1. The molecule has 3 atom stereocenters. The van der Waals surface area contributed by atoms with Crippen LogP contribution in [0.2, 0.25) is 0 Å². The van der Waals surface area contributed by atoms with Gasteiger partial charge in [0.25, 0.3) is 5.56 Å². The van der Waals surface area contributed by atoms with Crippen molar-refractivity contribution in [2.24, 2.45) is 0 Å². The van der Waals surface area contributed by atoms with Crippen LogP contribution in [0.4, 0.5) is 0 Å². The number of nitrogens with zero attached hydrogens (tertiary/aromatic N) is 1. The minimum Gasteiger partial charge on any atom is -0.458 e. The first kappa shape index (κ1) is 26.1. The fourth-order valence-corrected chi connectivity index (χ4v) is 4.18. The van der Waals surface area contributed by atoms with E-state index >= 15 is 0 Å². The maximum absolute atomic E-state index is 12.9. The summed E-state index contributed by atoms with van der Waals surface area (Å²) in [5.41, 5.74) is -0.526. The Labute approximate surface area is 220 Å². The summed E-state index contributed by atoms with van der Waals surface area (Å²) in [6, 6.07) is 13.5. The number of aromatic nitrogens is 2. The standard InChI is InChI=1S/C27H23BrN2O7/c1-4-27(15-35-24(32)18-9-5-16(2)6-10-18)21(36-25(33)19-11-7-17(3)8-12-19)13-22(37-27)30-14-20(28)23(31)29-26(30)34/h1,5-12,14,21-22H,13,15H2,2-3H3,(H,29,31,34). The molecule has 2 heterocycles. The molecule has 0 amide bonds. The molecule has 4 rings (SSSR count). The minimum absolute atomic E-state index is 0.0394. The molecule has 1 fully saturated rings. The quantitative estimate of drug-likeness (QED) is 0.359. The van der Waals surface area contributed by atoms with Gasteiger partial charge in [-0.3, -0.25) is 14.3 Å². The van der Waals surface area contributed by atoms with Crippen LogP contribution in [0.15, 0.2) is 68.8 Å². The zero-order chi connectivity index (χ0) is 26.7. The molecule has 0 radical (unpaired) electrons. The molecular formula is C27H23BrN2O7. The highest BCUT2D eigenvalue weighted by molar-refractivity contribution is 9.10. The van der Waals surface area contributed by atoms with Crippen molar-refractivity contribution in [2.75, 3.05) is 6.61 Å². The molecular weight excluding hydrogens is 544 g/mol. The van der Waals surface area contributed by atoms with Gasteiger partial charge in [0.05, 0.1) is 15.6 Å². The molecule has 190 valence electrons. The lowest BCUT2D eigenvalue weighted by Crippen LogP contribution is -2.45. The van der Waals surface area contributed by atoms with Crippen molar-refractivity contribution in [1.82, 2.24) is 9.55 Å². The van der Waals surface area contributed by atoms with E-state index in [4.69, 9.17) is 20.6 Å². The molecule has 0 spiro atoms. The summed E-state index contributed by atoms with van der Waals surface area (Å²) in [7, 11) is 0. The number of hydrogen-bond acceptors (Lipinski definition) is 7. The van der Waals surface area contributed by atoms with Gasteiger partial charge in [0.2, 0.25) is 5.60 Å². The van der Waals surface area contributed by atoms with Crippen molar-refractivity contribution < 1.29 is 23.8 Å². The predicted molar refractivity (Wildman–Crippen MR) is 137 cm³/mol. The molecule has 1 aromatic heterocycles. The second-order valence-corrected chi connectivity index (χ2v) is 9.54. The average molecular weight is 567 g/mol. The Morgan fingerprint density at radius 3 is 2.22 bits per heavy atom. The van der Waals surface area contributed by atoms with Crippen LogP contribution < -0.4 is 11.2 Å². The fourth-order valence-electron chi connectivity index (χ4n) is 3.86. The molecule has 0 saturated carbocycles. The number of rotatable bonds is 6. The Hall–Kier alpha value is -3.94. The molecule has 1 aliphatic heterocycles. The van der Waals surface area contributed by atoms with E-state index in [-0.39, 0.29) is 10.9 Å². The van der Waals surface area contributed by atoms with E-state index < -0.39 is 47.7 Å². The van der Waals surface area contributed by atoms with Crippen LogP contribution >= 0.6 is 15.9 Å². The van der Waals surface area contributed by atoms with Crippen molar-refractivity contribution in [3.8, 4) is 12.3 Å². The number of ether oxygens (including phenoxy) is 3. The van der Waals surface area contributed by atoms with Gasteiger partial charge in [0, 0.05) is 12.6 Å². The van der Waals surface area contributed by atoms with Crippen LogP contribution in [-0.2, 0) is 14.2 Å². The van der Waals surface area contributed by atoms with Crippen molar-refractivity contribution >= 4 is 27.9 Å². The number of terminal acetylenes is 1. The number of esters is 2. The van der Waals surface area contributed by atoms with Crippen LogP contribution in [0, 0.1) is 26.2 Å². The maximum Gasteiger partial charge on any atom is 0.338 e. The topological polar surface area (TPSA) is 117 Å². The highest BCUT2D eigenvalue weighted by Gasteiger charge is 2.52. The van der Waals surface area contributed by atoms with Crippen LogP contribution in [0.3, 0.4) is 0 Å². The number of aryl methyl sites for hydroxylation is 2. The largest absolute Gasteiger partial charge is 0.458 e. The predicted octanol–water partition coefficient (Wildman–Crippen LogP) is 3.29. The lowest BCUT2D eigenvalue weighted by atomic mass is 9.98. The summed E-state index contributed by atoms with van der Waals surface area (Å²) >= 11 is 3.09. The number of aromatic amines is 1. The van der Waals surface area contributed by atoms with Gasteiger partial charge >= 0.3 is 17.6 Å². The summed E-state index contributed by atoms with van der Waals surface area (Å²) in [5.74, 6) is 1.18. The molecule has 3 aromatic rings. The first-order valence-electron chi connectivity index (χ1n) is 11.3. The van der Waals surface area contributed by atoms with E-state index in [9.17, 15) is 19.2 Å². The average Bonchev–Trinajstić information content (AvgIpc) is 3.23. The van der Waals surface area contributed by atoms with Crippen molar-refractivity contribution in [2.45, 2.75) is 38.2 Å². The number of carbonyl (C=O) groups is 2. The van der Waals surface area contributed by atoms with Crippen LogP contribution in [0.5, 0.6) is 0 Å². The van der Waals surface area contributed by atoms with Gasteiger partial charge in [-0.25, -0.2) is 14.4 Å². The Balaban J connectivity index is 1.64. The molecule has 10 heteroatoms. The zero-order valence-corrected chi connectivity index (χ0v) is 21.6. The number of H-pyrrole nitrogens is 1. The number of hydrogen-bond donors (Lipinski definition) is 1. The summed E-state index contributed by atoms with van der Waals surface area (Å²) in [6.45, 7) is 3.33. The van der Waals surface area contributed by atoms with Crippen molar-refractivity contribution in [1.29, 1.82) is 0 Å². The van der Waals surface area contributed by atoms with E-state index in [0.717, 1.165) is 15.7 Å². The monoisotopic (exact) mass is 566 g/mol. The molecule has 3 unspecified atom stereocenters. The van der Waals surface area contributed by atoms with Gasteiger partial charge in [0.15, 0.2) is 6.10 Å². The summed E-state index contributed by atoms with van der Waals surface area (Å²) < 4.78 is 18.5. The number of carbonyl (C=O) groups excluding carboxylic acids is 2. The highest BCUT2D eigenvalue weighted by Crippen LogP contribution is 2.39. The van der Waals surface area contributed by atoms with Crippen LogP contribution in [0.1, 0.15) is 44.5 Å². The van der Waals surface area contributed by atoms with E-state index in [2.05, 4.69) is 26.8 Å². The van der Waals surface area contributed by atoms with E-state index in [0.29, 0.717) is 11.1 Å². The Morgan fingerprint density at radius 1 is 1.08 bits per heavy atom. The summed E-state index contributed by atoms with van der Waals surface area (Å²) in [5, 5.41) is 0. The summed E-state index contributed by atoms with van der Waals surface area (Å²) in [4.78, 5) is 52.1. The van der Waals surface area contributed by atoms with Gasteiger partial charge in [-0.2, -0.15) is 0 Å². The second kappa shape index (κ2) is 10.6. The van der Waals surface area contributed by atoms with Gasteiger partial charge in [-0.1, -0.05) is 41.3 Å². The van der Waals surface area contributed by atoms with E-state index in [1.807, 2.05) is 13.8 Å². The lowest BCUT2D eigenvalue weighted by molar-refractivity contribution is -0.0985. The van der Waals surface area contributed by atoms with Crippen molar-refractivity contribution in [3.05, 3.63) is 102 Å². The van der Waals surface area contributed by atoms with Crippen LogP contribution in [-0.4, -0.2) is 39.8 Å². The Bertz CT molecular complexity index is 1490. The van der Waals surface area contributed by atoms with E-state index in [1.54, 1.807) is 48.5 Å². The van der Waals surface area contributed by atoms with E-state index in [1.165, 1.54) is 6.20 Å². The van der Waals surface area contributed by atoms with Gasteiger partial charge in [0.1, 0.15) is 12.8 Å². The smallest absolute Gasteiger partial charge is 0.338 e. The Morgan fingerprint density at radius 2 is 1.65 bits per heavy atom. The second-order valence-electron chi connectivity index (χ2n) is 8.69. The van der Waals surface area contributed by atoms with Crippen LogP contribution in [0.25, 0.3) is 0 Å². The number of halogens is 1. The van der Waals surface area contributed by atoms with Gasteiger partial charge < -0.3 is 14.2 Å². The molecule has 0 bridgehead atoms.